The van der Waals surface area contributed by atoms with E-state index in [9.17, 15) is 4.79 Å². The molecular formula is C17H16N4O3S. The third-order valence-corrected chi connectivity index (χ3v) is 4.86. The molecule has 1 amide bonds. The molecule has 7 nitrogen and oxygen atoms in total. The van der Waals surface area contributed by atoms with Gasteiger partial charge in [-0.15, -0.1) is 0 Å². The van der Waals surface area contributed by atoms with Crippen LogP contribution in [0, 0.1) is 0 Å². The number of hydrogen-bond acceptors (Lipinski definition) is 7. The standard InChI is InChI=1S/C17H16N4O3S/c22-15(12-3-5-18-6-4-12)20-17-19-14(13-2-1-9-24-13)16(25-17)21-7-10-23-11-8-21/h1-6,9H,7-8,10-11H2,(H,19,20,22). The number of carbonyl (C=O) groups is 1. The molecule has 0 saturated carbocycles. The third kappa shape index (κ3) is 3.40. The average Bonchev–Trinajstić information content (AvgIpc) is 3.33. The number of nitrogens with zero attached hydrogens (tertiary/aromatic N) is 3. The van der Waals surface area contributed by atoms with E-state index in [-0.39, 0.29) is 5.91 Å². The second kappa shape index (κ2) is 7.04. The Bertz CT molecular complexity index is 842. The molecule has 0 unspecified atom stereocenters. The van der Waals surface area contributed by atoms with Crippen LogP contribution in [0.25, 0.3) is 11.5 Å². The molecule has 3 aromatic rings. The van der Waals surface area contributed by atoms with E-state index in [4.69, 9.17) is 9.15 Å². The van der Waals surface area contributed by atoms with Crippen LogP contribution in [0.1, 0.15) is 10.4 Å². The van der Waals surface area contributed by atoms with Crippen LogP contribution in [-0.2, 0) is 4.74 Å². The smallest absolute Gasteiger partial charge is 0.257 e. The number of ether oxygens (including phenoxy) is 1. The molecule has 0 aromatic carbocycles. The van der Waals surface area contributed by atoms with E-state index in [2.05, 4.69) is 20.2 Å². The van der Waals surface area contributed by atoms with Gasteiger partial charge in [0, 0.05) is 31.0 Å². The second-order valence-corrected chi connectivity index (χ2v) is 6.42. The Kier molecular flexibility index (Phi) is 4.45. The fourth-order valence-electron chi connectivity index (χ4n) is 2.59. The summed E-state index contributed by atoms with van der Waals surface area (Å²) in [5.41, 5.74) is 1.28. The summed E-state index contributed by atoms with van der Waals surface area (Å²) in [6.45, 7) is 2.92. The van der Waals surface area contributed by atoms with Crippen molar-refractivity contribution in [2.45, 2.75) is 0 Å². The van der Waals surface area contributed by atoms with Crippen molar-refractivity contribution in [2.24, 2.45) is 0 Å². The predicted molar refractivity (Wildman–Crippen MR) is 95.0 cm³/mol. The summed E-state index contributed by atoms with van der Waals surface area (Å²) in [6, 6.07) is 7.03. The molecule has 4 heterocycles. The fraction of sp³-hybridized carbons (Fsp3) is 0.235. The number of nitrogens with one attached hydrogen (secondary N) is 1. The molecule has 4 rings (SSSR count). The molecule has 1 saturated heterocycles. The Hall–Kier alpha value is -2.71. The summed E-state index contributed by atoms with van der Waals surface area (Å²) >= 11 is 1.44. The van der Waals surface area contributed by atoms with Gasteiger partial charge < -0.3 is 14.1 Å². The van der Waals surface area contributed by atoms with Crippen LogP contribution in [0.4, 0.5) is 10.1 Å². The van der Waals surface area contributed by atoms with Crippen LogP contribution in [0.5, 0.6) is 0 Å². The number of morpholine rings is 1. The van der Waals surface area contributed by atoms with Gasteiger partial charge in [-0.3, -0.25) is 15.1 Å². The van der Waals surface area contributed by atoms with Crippen LogP contribution in [0.15, 0.2) is 47.3 Å². The minimum atomic E-state index is -0.212. The molecule has 1 N–H and O–H groups in total. The SMILES string of the molecule is O=C(Nc1nc(-c2ccco2)c(N2CCOCC2)s1)c1ccncc1. The Labute approximate surface area is 148 Å². The number of hydrogen-bond donors (Lipinski definition) is 1. The topological polar surface area (TPSA) is 80.5 Å². The maximum Gasteiger partial charge on any atom is 0.257 e. The summed E-state index contributed by atoms with van der Waals surface area (Å²) in [7, 11) is 0. The molecule has 128 valence electrons. The highest BCUT2D eigenvalue weighted by Gasteiger charge is 2.23. The van der Waals surface area contributed by atoms with Gasteiger partial charge in [0.25, 0.3) is 5.91 Å². The Morgan fingerprint density at radius 1 is 1.20 bits per heavy atom. The van der Waals surface area contributed by atoms with Gasteiger partial charge in [-0.25, -0.2) is 4.98 Å². The number of carbonyl (C=O) groups excluding carboxylic acids is 1. The van der Waals surface area contributed by atoms with Crippen LogP contribution >= 0.6 is 11.3 Å². The van der Waals surface area contributed by atoms with Crippen LogP contribution in [-0.4, -0.2) is 42.2 Å². The molecule has 25 heavy (non-hydrogen) atoms. The molecule has 0 radical (unpaired) electrons. The highest BCUT2D eigenvalue weighted by atomic mass is 32.1. The van der Waals surface area contributed by atoms with Crippen LogP contribution in [0.2, 0.25) is 0 Å². The number of thiazole rings is 1. The Balaban J connectivity index is 1.63. The first-order chi connectivity index (χ1) is 12.3. The third-order valence-electron chi connectivity index (χ3n) is 3.83. The molecule has 1 aliphatic rings. The van der Waals surface area contributed by atoms with Gasteiger partial charge in [-0.1, -0.05) is 11.3 Å². The normalized spacial score (nSPS) is 14.5. The molecule has 0 bridgehead atoms. The monoisotopic (exact) mass is 356 g/mol. The first-order valence-corrected chi connectivity index (χ1v) is 8.72. The van der Waals surface area contributed by atoms with E-state index < -0.39 is 0 Å². The Morgan fingerprint density at radius 3 is 2.72 bits per heavy atom. The minimum absolute atomic E-state index is 0.212. The van der Waals surface area contributed by atoms with Crippen molar-refractivity contribution in [3.63, 3.8) is 0 Å². The maximum absolute atomic E-state index is 12.4. The number of aromatic nitrogens is 2. The molecule has 8 heteroatoms. The highest BCUT2D eigenvalue weighted by Crippen LogP contribution is 2.39. The molecule has 3 aromatic heterocycles. The van der Waals surface area contributed by atoms with Gasteiger partial charge in [-0.05, 0) is 24.3 Å². The van der Waals surface area contributed by atoms with Crippen molar-refractivity contribution in [3.05, 3.63) is 48.5 Å². The van der Waals surface area contributed by atoms with Gasteiger partial charge in [0.05, 0.1) is 19.5 Å². The van der Waals surface area contributed by atoms with Gasteiger partial charge >= 0.3 is 0 Å². The first-order valence-electron chi connectivity index (χ1n) is 7.90. The first kappa shape index (κ1) is 15.8. The summed E-state index contributed by atoms with van der Waals surface area (Å²) < 4.78 is 10.9. The van der Waals surface area contributed by atoms with Gasteiger partial charge in [0.15, 0.2) is 10.9 Å². The van der Waals surface area contributed by atoms with E-state index in [1.165, 1.54) is 11.3 Å². The van der Waals surface area contributed by atoms with Crippen molar-refractivity contribution < 1.29 is 13.9 Å². The van der Waals surface area contributed by atoms with Crippen molar-refractivity contribution >= 4 is 27.4 Å². The Morgan fingerprint density at radius 2 is 2.00 bits per heavy atom. The van der Waals surface area contributed by atoms with Crippen LogP contribution in [0.3, 0.4) is 0 Å². The molecule has 0 aliphatic carbocycles. The number of furan rings is 1. The van der Waals surface area contributed by atoms with Crippen molar-refractivity contribution in [1.82, 2.24) is 9.97 Å². The van der Waals surface area contributed by atoms with E-state index >= 15 is 0 Å². The van der Waals surface area contributed by atoms with E-state index in [0.29, 0.717) is 29.7 Å². The summed E-state index contributed by atoms with van der Waals surface area (Å²) in [6.07, 6.45) is 4.79. The lowest BCUT2D eigenvalue weighted by Crippen LogP contribution is -2.35. The zero-order valence-corrected chi connectivity index (χ0v) is 14.2. The maximum atomic E-state index is 12.4. The lowest BCUT2D eigenvalue weighted by atomic mass is 10.2. The lowest BCUT2D eigenvalue weighted by Gasteiger charge is -2.27. The van der Waals surface area contributed by atoms with Gasteiger partial charge in [-0.2, -0.15) is 0 Å². The van der Waals surface area contributed by atoms with Gasteiger partial charge in [0.1, 0.15) is 10.7 Å². The second-order valence-electron chi connectivity index (χ2n) is 5.44. The molecular weight excluding hydrogens is 340 g/mol. The average molecular weight is 356 g/mol. The van der Waals surface area contributed by atoms with Crippen molar-refractivity contribution in [3.8, 4) is 11.5 Å². The van der Waals surface area contributed by atoms with Crippen molar-refractivity contribution in [1.29, 1.82) is 0 Å². The predicted octanol–water partition coefficient (Wildman–Crippen LogP) is 2.89. The molecule has 0 spiro atoms. The van der Waals surface area contributed by atoms with Crippen LogP contribution < -0.4 is 10.2 Å². The highest BCUT2D eigenvalue weighted by molar-refractivity contribution is 7.20. The number of amides is 1. The molecule has 1 fully saturated rings. The molecule has 1 aliphatic heterocycles. The largest absolute Gasteiger partial charge is 0.463 e. The minimum Gasteiger partial charge on any atom is -0.463 e. The quantitative estimate of drug-likeness (QED) is 0.774. The van der Waals surface area contributed by atoms with E-state index in [1.807, 2.05) is 12.1 Å². The van der Waals surface area contributed by atoms with Crippen molar-refractivity contribution in [2.75, 3.05) is 36.5 Å². The molecule has 0 atom stereocenters. The zero-order valence-electron chi connectivity index (χ0n) is 13.3. The number of pyridine rings is 1. The number of anilines is 2. The van der Waals surface area contributed by atoms with Gasteiger partial charge in [0.2, 0.25) is 0 Å². The zero-order chi connectivity index (χ0) is 17.1. The fourth-order valence-corrected chi connectivity index (χ4v) is 3.61. The van der Waals surface area contributed by atoms with E-state index in [0.717, 1.165) is 23.8 Å². The summed E-state index contributed by atoms with van der Waals surface area (Å²) in [5.74, 6) is 0.470. The summed E-state index contributed by atoms with van der Waals surface area (Å²) in [4.78, 5) is 23.1. The van der Waals surface area contributed by atoms with E-state index in [1.54, 1.807) is 30.8 Å². The lowest BCUT2D eigenvalue weighted by molar-refractivity contribution is 0.102. The summed E-state index contributed by atoms with van der Waals surface area (Å²) in [5, 5.41) is 4.37. The number of rotatable bonds is 4.